The summed E-state index contributed by atoms with van der Waals surface area (Å²) in [5.74, 6) is 0. The summed E-state index contributed by atoms with van der Waals surface area (Å²) < 4.78 is 48.3. The smallest absolute Gasteiger partial charge is 0.247 e. The Hall–Kier alpha value is -0.600. The zero-order valence-corrected chi connectivity index (χ0v) is 13.4. The summed E-state index contributed by atoms with van der Waals surface area (Å²) >= 11 is 3.25. The monoisotopic (exact) mass is 355 g/mol. The second-order valence-corrected chi connectivity index (χ2v) is 9.28. The summed E-state index contributed by atoms with van der Waals surface area (Å²) in [5.41, 5.74) is 2.06. The minimum Gasteiger partial charge on any atom is -0.281 e. The Morgan fingerprint density at radius 2 is 1.72 bits per heavy atom. The van der Waals surface area contributed by atoms with Gasteiger partial charge in [0.15, 0.2) is 14.9 Å². The third-order valence-corrected chi connectivity index (χ3v) is 6.15. The highest BCUT2D eigenvalue weighted by Crippen LogP contribution is 2.28. The molecule has 0 spiro atoms. The van der Waals surface area contributed by atoms with Crippen molar-refractivity contribution in [3.63, 3.8) is 0 Å². The normalized spacial score (nSPS) is 12.4. The molecule has 1 rings (SSSR count). The number of sulfonamides is 1. The average molecular weight is 356 g/mol. The standard InChI is InChI=1S/C10H14BrNO4S2/c1-7-4-8(2)10(9(11)5-7)12-18(15,16)6-17(3,13)14/h4-5,12H,6H2,1-3H3. The maximum atomic E-state index is 11.7. The van der Waals surface area contributed by atoms with Crippen LogP contribution < -0.4 is 4.72 Å². The van der Waals surface area contributed by atoms with Gasteiger partial charge in [0.2, 0.25) is 10.0 Å². The number of aryl methyl sites for hydroxylation is 2. The molecule has 1 N–H and O–H groups in total. The van der Waals surface area contributed by atoms with Crippen molar-refractivity contribution in [2.45, 2.75) is 13.8 Å². The maximum Gasteiger partial charge on any atom is 0.247 e. The number of nitrogens with one attached hydrogen (secondary N) is 1. The molecular formula is C10H14BrNO4S2. The first-order chi connectivity index (χ1) is 8.00. The molecular weight excluding hydrogens is 342 g/mol. The molecule has 0 saturated heterocycles. The lowest BCUT2D eigenvalue weighted by atomic mass is 10.1. The van der Waals surface area contributed by atoms with Gasteiger partial charge < -0.3 is 0 Å². The lowest BCUT2D eigenvalue weighted by molar-refractivity contribution is 0.595. The van der Waals surface area contributed by atoms with Gasteiger partial charge in [-0.15, -0.1) is 0 Å². The van der Waals surface area contributed by atoms with Crippen LogP contribution in [0.2, 0.25) is 0 Å². The Morgan fingerprint density at radius 1 is 1.17 bits per heavy atom. The van der Waals surface area contributed by atoms with Crippen molar-refractivity contribution in [1.29, 1.82) is 0 Å². The number of rotatable bonds is 4. The molecule has 1 aromatic rings. The minimum absolute atomic E-state index is 0.365. The van der Waals surface area contributed by atoms with Gasteiger partial charge in [0.05, 0.1) is 5.69 Å². The molecule has 5 nitrogen and oxygen atoms in total. The zero-order chi connectivity index (χ0) is 14.1. The fourth-order valence-corrected chi connectivity index (χ4v) is 5.49. The van der Waals surface area contributed by atoms with Gasteiger partial charge in [-0.3, -0.25) is 4.72 Å². The molecule has 0 aliphatic heterocycles. The first-order valence-corrected chi connectivity index (χ1v) is 9.46. The van der Waals surface area contributed by atoms with Gasteiger partial charge in [-0.05, 0) is 47.0 Å². The SMILES string of the molecule is Cc1cc(C)c(NS(=O)(=O)CS(C)(=O)=O)c(Br)c1. The Labute approximate surface area is 116 Å². The molecule has 102 valence electrons. The van der Waals surface area contributed by atoms with E-state index in [2.05, 4.69) is 20.7 Å². The Balaban J connectivity index is 3.13. The van der Waals surface area contributed by atoms with E-state index < -0.39 is 24.9 Å². The van der Waals surface area contributed by atoms with Gasteiger partial charge in [-0.1, -0.05) is 6.07 Å². The van der Waals surface area contributed by atoms with Crippen LogP contribution in [0.1, 0.15) is 11.1 Å². The summed E-state index contributed by atoms with van der Waals surface area (Å²) in [6.07, 6.45) is 0.878. The van der Waals surface area contributed by atoms with Gasteiger partial charge >= 0.3 is 0 Å². The summed E-state index contributed by atoms with van der Waals surface area (Å²) in [6.45, 7) is 3.63. The Bertz CT molecular complexity index is 642. The zero-order valence-electron chi connectivity index (χ0n) is 10.2. The van der Waals surface area contributed by atoms with E-state index in [0.29, 0.717) is 10.2 Å². The average Bonchev–Trinajstić information content (AvgIpc) is 2.07. The third-order valence-electron chi connectivity index (χ3n) is 2.06. The highest BCUT2D eigenvalue weighted by Gasteiger charge is 2.20. The predicted octanol–water partition coefficient (Wildman–Crippen LogP) is 1.81. The molecule has 0 heterocycles. The second kappa shape index (κ2) is 5.18. The van der Waals surface area contributed by atoms with E-state index in [1.807, 2.05) is 13.0 Å². The first-order valence-electron chi connectivity index (χ1n) is 4.95. The molecule has 0 saturated carbocycles. The molecule has 0 amide bonds. The number of hydrogen-bond acceptors (Lipinski definition) is 4. The summed E-state index contributed by atoms with van der Waals surface area (Å²) in [6, 6.07) is 3.56. The summed E-state index contributed by atoms with van der Waals surface area (Å²) in [5, 5.41) is -0.931. The van der Waals surface area contributed by atoms with Crippen molar-refractivity contribution in [1.82, 2.24) is 0 Å². The van der Waals surface area contributed by atoms with Crippen LogP contribution in [0, 0.1) is 13.8 Å². The number of anilines is 1. The number of benzene rings is 1. The highest BCUT2D eigenvalue weighted by molar-refractivity contribution is 9.10. The molecule has 8 heteroatoms. The molecule has 1 aromatic carbocycles. The fourth-order valence-electron chi connectivity index (χ4n) is 1.51. The largest absolute Gasteiger partial charge is 0.281 e. The van der Waals surface area contributed by atoms with E-state index >= 15 is 0 Å². The predicted molar refractivity (Wildman–Crippen MR) is 75.9 cm³/mol. The van der Waals surface area contributed by atoms with E-state index in [1.54, 1.807) is 13.0 Å². The van der Waals surface area contributed by atoms with E-state index in [1.165, 1.54) is 0 Å². The van der Waals surface area contributed by atoms with Crippen LogP contribution in [0.15, 0.2) is 16.6 Å². The van der Waals surface area contributed by atoms with E-state index in [0.717, 1.165) is 17.4 Å². The molecule has 0 aliphatic rings. The summed E-state index contributed by atoms with van der Waals surface area (Å²) in [7, 11) is -7.52. The Kier molecular flexibility index (Phi) is 4.45. The van der Waals surface area contributed by atoms with E-state index in [-0.39, 0.29) is 0 Å². The molecule has 0 unspecified atom stereocenters. The van der Waals surface area contributed by atoms with Crippen LogP contribution in [0.4, 0.5) is 5.69 Å². The lowest BCUT2D eigenvalue weighted by Gasteiger charge is -2.12. The topological polar surface area (TPSA) is 80.3 Å². The Morgan fingerprint density at radius 3 is 2.17 bits per heavy atom. The third kappa shape index (κ3) is 4.58. The maximum absolute atomic E-state index is 11.7. The van der Waals surface area contributed by atoms with Crippen LogP contribution in [-0.2, 0) is 19.9 Å². The fraction of sp³-hybridized carbons (Fsp3) is 0.400. The highest BCUT2D eigenvalue weighted by atomic mass is 79.9. The van der Waals surface area contributed by atoms with E-state index in [9.17, 15) is 16.8 Å². The van der Waals surface area contributed by atoms with Gasteiger partial charge in [0.25, 0.3) is 0 Å². The second-order valence-electron chi connectivity index (χ2n) is 4.20. The molecule has 0 aliphatic carbocycles. The van der Waals surface area contributed by atoms with Crippen LogP contribution in [-0.4, -0.2) is 28.2 Å². The van der Waals surface area contributed by atoms with Crippen molar-refractivity contribution in [3.05, 3.63) is 27.7 Å². The van der Waals surface area contributed by atoms with Crippen LogP contribution in [0.25, 0.3) is 0 Å². The number of hydrogen-bond donors (Lipinski definition) is 1. The first kappa shape index (κ1) is 15.5. The molecule has 0 fully saturated rings. The van der Waals surface area contributed by atoms with Gasteiger partial charge in [0.1, 0.15) is 0 Å². The van der Waals surface area contributed by atoms with Crippen LogP contribution >= 0.6 is 15.9 Å². The quantitative estimate of drug-likeness (QED) is 0.892. The number of halogens is 1. The van der Waals surface area contributed by atoms with E-state index in [4.69, 9.17) is 0 Å². The lowest BCUT2D eigenvalue weighted by Crippen LogP contribution is -2.22. The molecule has 18 heavy (non-hydrogen) atoms. The molecule has 0 bridgehead atoms. The van der Waals surface area contributed by atoms with Crippen LogP contribution in [0.3, 0.4) is 0 Å². The van der Waals surface area contributed by atoms with Crippen molar-refractivity contribution < 1.29 is 16.8 Å². The molecule has 0 atom stereocenters. The van der Waals surface area contributed by atoms with Crippen molar-refractivity contribution in [2.75, 3.05) is 16.1 Å². The molecule has 0 aromatic heterocycles. The summed E-state index contributed by atoms with van der Waals surface area (Å²) in [4.78, 5) is 0. The molecule has 0 radical (unpaired) electrons. The van der Waals surface area contributed by atoms with Crippen molar-refractivity contribution in [2.24, 2.45) is 0 Å². The van der Waals surface area contributed by atoms with Gasteiger partial charge in [-0.2, -0.15) is 0 Å². The number of sulfone groups is 1. The van der Waals surface area contributed by atoms with Crippen LogP contribution in [0.5, 0.6) is 0 Å². The van der Waals surface area contributed by atoms with Gasteiger partial charge in [-0.25, -0.2) is 16.8 Å². The van der Waals surface area contributed by atoms with Crippen molar-refractivity contribution >= 4 is 41.5 Å². The van der Waals surface area contributed by atoms with Gasteiger partial charge in [0, 0.05) is 10.7 Å². The van der Waals surface area contributed by atoms with Crippen molar-refractivity contribution in [3.8, 4) is 0 Å². The minimum atomic E-state index is -3.92.